The van der Waals surface area contributed by atoms with Crippen molar-refractivity contribution in [3.63, 3.8) is 0 Å². The maximum absolute atomic E-state index is 12.4. The Hall–Kier alpha value is -1.56. The van der Waals surface area contributed by atoms with Crippen molar-refractivity contribution in [1.29, 1.82) is 0 Å². The van der Waals surface area contributed by atoms with E-state index in [1.165, 1.54) is 0 Å². The molecule has 0 saturated heterocycles. The van der Waals surface area contributed by atoms with Crippen LogP contribution in [0.1, 0.15) is 5.56 Å². The second-order valence-electron chi connectivity index (χ2n) is 3.60. The van der Waals surface area contributed by atoms with Crippen molar-refractivity contribution in [3.8, 4) is 5.69 Å². The summed E-state index contributed by atoms with van der Waals surface area (Å²) in [4.78, 5) is 11.6. The quantitative estimate of drug-likeness (QED) is 0.787. The first-order chi connectivity index (χ1) is 8.38. The summed E-state index contributed by atoms with van der Waals surface area (Å²) in [7, 11) is 0. The fourth-order valence-electron chi connectivity index (χ4n) is 1.47. The number of benzene rings is 1. The monoisotopic (exact) mass is 317 g/mol. The van der Waals surface area contributed by atoms with Crippen molar-refractivity contribution < 1.29 is 13.2 Å². The van der Waals surface area contributed by atoms with Gasteiger partial charge in [-0.15, -0.1) is 0 Å². The van der Waals surface area contributed by atoms with E-state index in [1.807, 2.05) is 0 Å². The van der Waals surface area contributed by atoms with Gasteiger partial charge >= 0.3 is 6.18 Å². The summed E-state index contributed by atoms with van der Waals surface area (Å²) in [6.45, 7) is 0. The van der Waals surface area contributed by atoms with Gasteiger partial charge in [-0.05, 0) is 30.3 Å². The highest BCUT2D eigenvalue weighted by Crippen LogP contribution is 2.27. The standard InChI is InChI=1S/C12H7BrF3NO/c13-9-1-3-10(4-2-9)17-6-5-8(7-11(17)18)12(14,15)16/h1-7H. The minimum Gasteiger partial charge on any atom is -0.284 e. The van der Waals surface area contributed by atoms with Crippen molar-refractivity contribution in [1.82, 2.24) is 4.57 Å². The molecule has 0 bridgehead atoms. The van der Waals surface area contributed by atoms with E-state index in [-0.39, 0.29) is 0 Å². The average Bonchev–Trinajstić information content (AvgIpc) is 2.29. The van der Waals surface area contributed by atoms with E-state index in [4.69, 9.17) is 0 Å². The Balaban J connectivity index is 2.48. The molecule has 0 aliphatic rings. The first-order valence-corrected chi connectivity index (χ1v) is 5.73. The molecule has 6 heteroatoms. The molecule has 2 aromatic rings. The minimum atomic E-state index is -4.50. The van der Waals surface area contributed by atoms with Crippen LogP contribution < -0.4 is 5.56 Å². The van der Waals surface area contributed by atoms with E-state index in [0.29, 0.717) is 11.8 Å². The summed E-state index contributed by atoms with van der Waals surface area (Å²) in [5.41, 5.74) is -1.15. The summed E-state index contributed by atoms with van der Waals surface area (Å²) >= 11 is 3.24. The van der Waals surface area contributed by atoms with Crippen LogP contribution in [0.15, 0.2) is 51.9 Å². The van der Waals surface area contributed by atoms with Crippen molar-refractivity contribution in [2.75, 3.05) is 0 Å². The Bertz CT molecular complexity index is 616. The van der Waals surface area contributed by atoms with E-state index < -0.39 is 17.3 Å². The molecule has 0 amide bonds. The summed E-state index contributed by atoms with van der Waals surface area (Å²) < 4.78 is 39.2. The topological polar surface area (TPSA) is 22.0 Å². The molecule has 0 unspecified atom stereocenters. The van der Waals surface area contributed by atoms with Gasteiger partial charge in [0.05, 0.1) is 5.56 Å². The number of aromatic nitrogens is 1. The molecule has 18 heavy (non-hydrogen) atoms. The van der Waals surface area contributed by atoms with Crippen molar-refractivity contribution in [3.05, 3.63) is 63.0 Å². The molecule has 94 valence electrons. The normalized spacial score (nSPS) is 11.6. The molecule has 0 aliphatic carbocycles. The third-order valence-electron chi connectivity index (χ3n) is 2.35. The maximum Gasteiger partial charge on any atom is 0.416 e. The lowest BCUT2D eigenvalue weighted by Crippen LogP contribution is -2.19. The van der Waals surface area contributed by atoms with Gasteiger partial charge in [-0.1, -0.05) is 15.9 Å². The molecule has 0 radical (unpaired) electrons. The predicted octanol–water partition coefficient (Wildman–Crippen LogP) is 3.62. The number of halogens is 4. The lowest BCUT2D eigenvalue weighted by atomic mass is 10.2. The lowest BCUT2D eigenvalue weighted by Gasteiger charge is -2.09. The van der Waals surface area contributed by atoms with E-state index >= 15 is 0 Å². The van der Waals surface area contributed by atoms with Gasteiger partial charge < -0.3 is 0 Å². The number of hydrogen-bond donors (Lipinski definition) is 0. The number of nitrogens with zero attached hydrogens (tertiary/aromatic N) is 1. The van der Waals surface area contributed by atoms with Crippen LogP contribution in [-0.4, -0.2) is 4.57 Å². The SMILES string of the molecule is O=c1cc(C(F)(F)F)ccn1-c1ccc(Br)cc1. The third kappa shape index (κ3) is 2.64. The second-order valence-corrected chi connectivity index (χ2v) is 4.51. The average molecular weight is 318 g/mol. The van der Waals surface area contributed by atoms with Crippen molar-refractivity contribution in [2.24, 2.45) is 0 Å². The van der Waals surface area contributed by atoms with E-state index in [9.17, 15) is 18.0 Å². The highest BCUT2D eigenvalue weighted by Gasteiger charge is 2.30. The Kier molecular flexibility index (Phi) is 3.30. The highest BCUT2D eigenvalue weighted by atomic mass is 79.9. The zero-order valence-electron chi connectivity index (χ0n) is 8.91. The van der Waals surface area contributed by atoms with E-state index in [0.717, 1.165) is 21.3 Å². The maximum atomic E-state index is 12.4. The summed E-state index contributed by atoms with van der Waals surface area (Å²) in [5, 5.41) is 0. The summed E-state index contributed by atoms with van der Waals surface area (Å²) in [6, 6.07) is 8.15. The van der Waals surface area contributed by atoms with Crippen LogP contribution in [0.5, 0.6) is 0 Å². The molecule has 0 aliphatic heterocycles. The number of alkyl halides is 3. The van der Waals surface area contributed by atoms with Gasteiger partial charge in [0, 0.05) is 22.4 Å². The van der Waals surface area contributed by atoms with Gasteiger partial charge in [-0.2, -0.15) is 13.2 Å². The predicted molar refractivity (Wildman–Crippen MR) is 64.7 cm³/mol. The van der Waals surface area contributed by atoms with Gasteiger partial charge in [0.15, 0.2) is 0 Å². The Morgan fingerprint density at radius 2 is 1.67 bits per heavy atom. The smallest absolute Gasteiger partial charge is 0.284 e. The molecular weight excluding hydrogens is 311 g/mol. The number of pyridine rings is 1. The van der Waals surface area contributed by atoms with Crippen LogP contribution in [0, 0.1) is 0 Å². The van der Waals surface area contributed by atoms with Gasteiger partial charge in [-0.3, -0.25) is 9.36 Å². The van der Waals surface area contributed by atoms with Gasteiger partial charge in [0.25, 0.3) is 5.56 Å². The summed E-state index contributed by atoms with van der Waals surface area (Å²) in [5.74, 6) is 0. The zero-order chi connectivity index (χ0) is 13.3. The number of hydrogen-bond acceptors (Lipinski definition) is 1. The molecule has 0 atom stereocenters. The third-order valence-corrected chi connectivity index (χ3v) is 2.88. The first-order valence-electron chi connectivity index (χ1n) is 4.94. The fourth-order valence-corrected chi connectivity index (χ4v) is 1.73. The Morgan fingerprint density at radius 3 is 2.17 bits per heavy atom. The minimum absolute atomic E-state index is 0.511. The van der Waals surface area contributed by atoms with Crippen LogP contribution in [-0.2, 0) is 6.18 Å². The Morgan fingerprint density at radius 1 is 1.06 bits per heavy atom. The second kappa shape index (κ2) is 4.61. The molecule has 0 saturated carbocycles. The first kappa shape index (κ1) is 12.9. The van der Waals surface area contributed by atoms with E-state index in [2.05, 4.69) is 15.9 Å². The van der Waals surface area contributed by atoms with Crippen LogP contribution in [0.4, 0.5) is 13.2 Å². The zero-order valence-corrected chi connectivity index (χ0v) is 10.5. The molecule has 0 fully saturated rings. The Labute approximate surface area is 109 Å². The highest BCUT2D eigenvalue weighted by molar-refractivity contribution is 9.10. The van der Waals surface area contributed by atoms with Crippen molar-refractivity contribution in [2.45, 2.75) is 6.18 Å². The van der Waals surface area contributed by atoms with Crippen LogP contribution >= 0.6 is 15.9 Å². The molecule has 0 spiro atoms. The van der Waals surface area contributed by atoms with Crippen LogP contribution in [0.25, 0.3) is 5.69 Å². The molecule has 1 heterocycles. The fraction of sp³-hybridized carbons (Fsp3) is 0.0833. The van der Waals surface area contributed by atoms with Gasteiger partial charge in [-0.25, -0.2) is 0 Å². The molecule has 2 rings (SSSR count). The molecule has 1 aromatic heterocycles. The summed E-state index contributed by atoms with van der Waals surface area (Å²) in [6.07, 6.45) is -3.38. The van der Waals surface area contributed by atoms with Gasteiger partial charge in [0.1, 0.15) is 0 Å². The molecular formula is C12H7BrF3NO. The largest absolute Gasteiger partial charge is 0.416 e. The van der Waals surface area contributed by atoms with Crippen LogP contribution in [0.3, 0.4) is 0 Å². The van der Waals surface area contributed by atoms with Crippen molar-refractivity contribution >= 4 is 15.9 Å². The van der Waals surface area contributed by atoms with Gasteiger partial charge in [0.2, 0.25) is 0 Å². The number of rotatable bonds is 1. The molecule has 1 aromatic carbocycles. The molecule has 2 nitrogen and oxygen atoms in total. The molecule has 0 N–H and O–H groups in total. The lowest BCUT2D eigenvalue weighted by molar-refractivity contribution is -0.137. The van der Waals surface area contributed by atoms with E-state index in [1.54, 1.807) is 24.3 Å². The van der Waals surface area contributed by atoms with Crippen LogP contribution in [0.2, 0.25) is 0 Å².